The van der Waals surface area contributed by atoms with Gasteiger partial charge in [0.2, 0.25) is 0 Å². The molecular formula is C14H25N3O. The highest BCUT2D eigenvalue weighted by atomic mass is 16.1. The van der Waals surface area contributed by atoms with Crippen LogP contribution in [0.2, 0.25) is 0 Å². The number of nitrogens with one attached hydrogen (secondary N) is 2. The van der Waals surface area contributed by atoms with E-state index in [1.807, 2.05) is 0 Å². The van der Waals surface area contributed by atoms with Crippen LogP contribution < -0.4 is 11.1 Å². The number of aromatic nitrogens is 1. The molecule has 0 spiro atoms. The van der Waals surface area contributed by atoms with E-state index in [1.165, 1.54) is 25.7 Å². The van der Waals surface area contributed by atoms with Gasteiger partial charge in [0.25, 0.3) is 5.91 Å². The summed E-state index contributed by atoms with van der Waals surface area (Å²) in [7, 11) is 0. The highest BCUT2D eigenvalue weighted by molar-refractivity contribution is 5.93. The van der Waals surface area contributed by atoms with Crippen LogP contribution in [0.15, 0.2) is 12.3 Å². The van der Waals surface area contributed by atoms with Crippen molar-refractivity contribution in [3.8, 4) is 0 Å². The summed E-state index contributed by atoms with van der Waals surface area (Å²) in [6.07, 6.45) is 7.69. The fourth-order valence-corrected chi connectivity index (χ4v) is 1.87. The molecule has 1 amide bonds. The zero-order chi connectivity index (χ0) is 13.4. The molecule has 1 heterocycles. The summed E-state index contributed by atoms with van der Waals surface area (Å²) in [4.78, 5) is 14.5. The quantitative estimate of drug-likeness (QED) is 0.622. The lowest BCUT2D eigenvalue weighted by atomic mass is 10.0. The second-order valence-electron chi connectivity index (χ2n) is 5.20. The maximum Gasteiger partial charge on any atom is 0.267 e. The Kier molecular flexibility index (Phi) is 6.33. The number of hydrogen-bond acceptors (Lipinski definition) is 2. The first-order chi connectivity index (χ1) is 8.59. The van der Waals surface area contributed by atoms with Gasteiger partial charge < -0.3 is 16.0 Å². The zero-order valence-corrected chi connectivity index (χ0v) is 11.5. The van der Waals surface area contributed by atoms with Gasteiger partial charge in [-0.25, -0.2) is 0 Å². The predicted molar refractivity (Wildman–Crippen MR) is 75.5 cm³/mol. The number of rotatable bonds is 8. The van der Waals surface area contributed by atoms with Gasteiger partial charge in [-0.15, -0.1) is 0 Å². The normalized spacial score (nSPS) is 10.8. The molecule has 0 aliphatic heterocycles. The number of carbonyl (C=O) groups is 1. The Bertz CT molecular complexity index is 358. The summed E-state index contributed by atoms with van der Waals surface area (Å²) in [5, 5.41) is 2.89. The molecule has 4 N–H and O–H groups in total. The Morgan fingerprint density at radius 3 is 2.67 bits per heavy atom. The first kappa shape index (κ1) is 14.6. The molecule has 0 saturated heterocycles. The van der Waals surface area contributed by atoms with E-state index in [-0.39, 0.29) is 5.91 Å². The van der Waals surface area contributed by atoms with Crippen molar-refractivity contribution in [2.75, 3.05) is 12.3 Å². The largest absolute Gasteiger partial charge is 0.397 e. The minimum atomic E-state index is -0.0751. The Hall–Kier alpha value is -1.45. The molecule has 4 heteroatoms. The van der Waals surface area contributed by atoms with Crippen molar-refractivity contribution in [1.29, 1.82) is 0 Å². The van der Waals surface area contributed by atoms with Crippen LogP contribution in [0.4, 0.5) is 5.69 Å². The van der Waals surface area contributed by atoms with Crippen LogP contribution >= 0.6 is 0 Å². The molecule has 0 bridgehead atoms. The first-order valence-electron chi connectivity index (χ1n) is 6.81. The van der Waals surface area contributed by atoms with Crippen molar-refractivity contribution in [3.63, 3.8) is 0 Å². The monoisotopic (exact) mass is 251 g/mol. The van der Waals surface area contributed by atoms with Crippen molar-refractivity contribution in [2.24, 2.45) is 5.92 Å². The Morgan fingerprint density at radius 2 is 2.06 bits per heavy atom. The summed E-state index contributed by atoms with van der Waals surface area (Å²) in [6, 6.07) is 1.65. The molecule has 0 fully saturated rings. The number of H-pyrrole nitrogens is 1. The van der Waals surface area contributed by atoms with Gasteiger partial charge in [-0.3, -0.25) is 4.79 Å². The molecule has 0 aliphatic carbocycles. The van der Waals surface area contributed by atoms with Crippen LogP contribution in [0.3, 0.4) is 0 Å². The van der Waals surface area contributed by atoms with E-state index in [9.17, 15) is 4.79 Å². The molecule has 0 aromatic carbocycles. The lowest BCUT2D eigenvalue weighted by Crippen LogP contribution is -2.24. The van der Waals surface area contributed by atoms with Crippen LogP contribution in [-0.2, 0) is 0 Å². The third-order valence-corrected chi connectivity index (χ3v) is 2.94. The summed E-state index contributed by atoms with van der Waals surface area (Å²) in [6.45, 7) is 5.24. The van der Waals surface area contributed by atoms with Crippen molar-refractivity contribution in [1.82, 2.24) is 10.3 Å². The Labute approximate surface area is 109 Å². The van der Waals surface area contributed by atoms with Crippen LogP contribution in [0.25, 0.3) is 0 Å². The van der Waals surface area contributed by atoms with Crippen LogP contribution in [0, 0.1) is 5.92 Å². The highest BCUT2D eigenvalue weighted by Crippen LogP contribution is 2.09. The highest BCUT2D eigenvalue weighted by Gasteiger charge is 2.06. The second kappa shape index (κ2) is 7.80. The van der Waals surface area contributed by atoms with E-state index in [2.05, 4.69) is 24.1 Å². The number of nitrogen functional groups attached to an aromatic ring is 1. The Balaban J connectivity index is 2.03. The van der Waals surface area contributed by atoms with E-state index in [4.69, 9.17) is 5.73 Å². The van der Waals surface area contributed by atoms with E-state index in [1.54, 1.807) is 12.3 Å². The molecule has 1 aromatic heterocycles. The fraction of sp³-hybridized carbons (Fsp3) is 0.643. The molecule has 0 aliphatic rings. The number of unbranched alkanes of at least 4 members (excludes halogenated alkanes) is 3. The number of amides is 1. The molecule has 0 saturated carbocycles. The van der Waals surface area contributed by atoms with E-state index in [0.29, 0.717) is 11.4 Å². The van der Waals surface area contributed by atoms with Gasteiger partial charge in [0, 0.05) is 18.4 Å². The predicted octanol–water partition coefficient (Wildman–Crippen LogP) is 2.93. The minimum absolute atomic E-state index is 0.0751. The molecule has 102 valence electrons. The third kappa shape index (κ3) is 5.75. The van der Waals surface area contributed by atoms with Crippen molar-refractivity contribution >= 4 is 11.6 Å². The zero-order valence-electron chi connectivity index (χ0n) is 11.5. The Morgan fingerprint density at radius 1 is 1.33 bits per heavy atom. The molecule has 0 unspecified atom stereocenters. The molecule has 0 radical (unpaired) electrons. The van der Waals surface area contributed by atoms with Gasteiger partial charge in [-0.2, -0.15) is 0 Å². The smallest absolute Gasteiger partial charge is 0.267 e. The summed E-state index contributed by atoms with van der Waals surface area (Å²) < 4.78 is 0. The number of hydrogen-bond donors (Lipinski definition) is 3. The first-order valence-corrected chi connectivity index (χ1v) is 6.81. The van der Waals surface area contributed by atoms with Gasteiger partial charge in [0.15, 0.2) is 0 Å². The topological polar surface area (TPSA) is 70.9 Å². The van der Waals surface area contributed by atoms with E-state index >= 15 is 0 Å². The SMILES string of the molecule is CC(C)CCCCCCNC(=O)c1cc(N)c[nH]1. The van der Waals surface area contributed by atoms with Crippen LogP contribution in [-0.4, -0.2) is 17.4 Å². The van der Waals surface area contributed by atoms with E-state index < -0.39 is 0 Å². The van der Waals surface area contributed by atoms with E-state index in [0.717, 1.165) is 18.9 Å². The molecule has 18 heavy (non-hydrogen) atoms. The van der Waals surface area contributed by atoms with Gasteiger partial charge in [0.05, 0.1) is 0 Å². The van der Waals surface area contributed by atoms with Crippen LogP contribution in [0.5, 0.6) is 0 Å². The molecular weight excluding hydrogens is 226 g/mol. The summed E-state index contributed by atoms with van der Waals surface area (Å²) >= 11 is 0. The molecule has 1 rings (SSSR count). The summed E-state index contributed by atoms with van der Waals surface area (Å²) in [5.41, 5.74) is 6.67. The lowest BCUT2D eigenvalue weighted by Gasteiger charge is -2.05. The van der Waals surface area contributed by atoms with Crippen molar-refractivity contribution in [2.45, 2.75) is 46.0 Å². The second-order valence-corrected chi connectivity index (χ2v) is 5.20. The summed E-state index contributed by atoms with van der Waals surface area (Å²) in [5.74, 6) is 0.719. The minimum Gasteiger partial charge on any atom is -0.397 e. The van der Waals surface area contributed by atoms with Crippen molar-refractivity contribution in [3.05, 3.63) is 18.0 Å². The standard InChI is InChI=1S/C14H25N3O/c1-11(2)7-5-3-4-6-8-16-14(18)13-9-12(15)10-17-13/h9-11,17H,3-8,15H2,1-2H3,(H,16,18). The molecule has 4 nitrogen and oxygen atoms in total. The van der Waals surface area contributed by atoms with Crippen LogP contribution in [0.1, 0.15) is 56.4 Å². The number of aromatic amines is 1. The van der Waals surface area contributed by atoms with Gasteiger partial charge in [-0.1, -0.05) is 39.5 Å². The average molecular weight is 251 g/mol. The lowest BCUT2D eigenvalue weighted by molar-refractivity contribution is 0.0948. The van der Waals surface area contributed by atoms with Gasteiger partial charge >= 0.3 is 0 Å². The van der Waals surface area contributed by atoms with Gasteiger partial charge in [-0.05, 0) is 18.4 Å². The average Bonchev–Trinajstić information content (AvgIpc) is 2.74. The number of carbonyl (C=O) groups excluding carboxylic acids is 1. The maximum atomic E-state index is 11.6. The number of anilines is 1. The molecule has 1 aromatic rings. The third-order valence-electron chi connectivity index (χ3n) is 2.94. The maximum absolute atomic E-state index is 11.6. The molecule has 0 atom stereocenters. The van der Waals surface area contributed by atoms with Crippen molar-refractivity contribution < 1.29 is 4.79 Å². The fourth-order valence-electron chi connectivity index (χ4n) is 1.87. The van der Waals surface area contributed by atoms with Gasteiger partial charge in [0.1, 0.15) is 5.69 Å². The number of nitrogens with two attached hydrogens (primary N) is 1.